The van der Waals surface area contributed by atoms with Crippen LogP contribution < -0.4 is 0 Å². The van der Waals surface area contributed by atoms with Crippen LogP contribution in [0.1, 0.15) is 23.7 Å². The van der Waals surface area contributed by atoms with Crippen molar-refractivity contribution in [3.63, 3.8) is 0 Å². The van der Waals surface area contributed by atoms with Crippen LogP contribution in [0.25, 0.3) is 22.6 Å². The van der Waals surface area contributed by atoms with Crippen molar-refractivity contribution in [2.24, 2.45) is 0 Å². The highest BCUT2D eigenvalue weighted by Crippen LogP contribution is 2.23. The minimum Gasteiger partial charge on any atom is -0.337 e. The number of nitrogens with one attached hydrogen (secondary N) is 1. The van der Waals surface area contributed by atoms with Crippen LogP contribution in [0.3, 0.4) is 0 Å². The lowest BCUT2D eigenvalue weighted by Gasteiger charge is -2.00. The smallest absolute Gasteiger partial charge is 0.156 e. The largest absolute Gasteiger partial charge is 0.337 e. The number of benzene rings is 1. The van der Waals surface area contributed by atoms with Gasteiger partial charge in [-0.25, -0.2) is 4.98 Å². The first-order chi connectivity index (χ1) is 9.08. The Balaban J connectivity index is 2.20. The molecule has 2 heterocycles. The summed E-state index contributed by atoms with van der Waals surface area (Å²) in [5.74, 6) is 0.891. The molecule has 0 saturated heterocycles. The van der Waals surface area contributed by atoms with Crippen molar-refractivity contribution < 1.29 is 0 Å². The minimum absolute atomic E-state index is 0.846. The zero-order valence-corrected chi connectivity index (χ0v) is 11.8. The molecule has 0 aliphatic carbocycles. The zero-order valence-electron chi connectivity index (χ0n) is 11.8. The lowest BCUT2D eigenvalue weighted by Crippen LogP contribution is -1.99. The first kappa shape index (κ1) is 12.0. The summed E-state index contributed by atoms with van der Waals surface area (Å²) >= 11 is 0. The van der Waals surface area contributed by atoms with Gasteiger partial charge in [0.25, 0.3) is 0 Å². The van der Waals surface area contributed by atoms with Crippen LogP contribution in [0.4, 0.5) is 0 Å². The Morgan fingerprint density at radius 2 is 1.84 bits per heavy atom. The van der Waals surface area contributed by atoms with Crippen LogP contribution >= 0.6 is 0 Å². The maximum Gasteiger partial charge on any atom is 0.156 e. The number of aryl methyl sites for hydroxylation is 4. The molecule has 4 nitrogen and oxygen atoms in total. The van der Waals surface area contributed by atoms with Crippen molar-refractivity contribution in [3.8, 4) is 11.5 Å². The summed E-state index contributed by atoms with van der Waals surface area (Å²) in [4.78, 5) is 8.09. The summed E-state index contributed by atoms with van der Waals surface area (Å²) in [5.41, 5.74) is 6.71. The summed E-state index contributed by atoms with van der Waals surface area (Å²) in [6.07, 6.45) is 0. The predicted molar refractivity (Wildman–Crippen MR) is 77.2 cm³/mol. The number of fused-ring (bicyclic) bond motifs is 1. The Bertz CT molecular complexity index is 710. The Labute approximate surface area is 112 Å². The van der Waals surface area contributed by atoms with E-state index in [0.29, 0.717) is 0 Å². The molecule has 0 unspecified atom stereocenters. The van der Waals surface area contributed by atoms with Gasteiger partial charge in [0, 0.05) is 6.54 Å². The van der Waals surface area contributed by atoms with Crippen LogP contribution in [-0.2, 0) is 6.54 Å². The van der Waals surface area contributed by atoms with E-state index in [2.05, 4.69) is 49.1 Å². The van der Waals surface area contributed by atoms with Crippen molar-refractivity contribution in [1.82, 2.24) is 19.7 Å². The predicted octanol–water partition coefficient (Wildman–Crippen LogP) is 3.37. The summed E-state index contributed by atoms with van der Waals surface area (Å²) < 4.78 is 1.98. The van der Waals surface area contributed by atoms with E-state index in [0.717, 1.165) is 34.8 Å². The molecule has 4 heteroatoms. The Kier molecular flexibility index (Phi) is 2.66. The van der Waals surface area contributed by atoms with Gasteiger partial charge in [-0.2, -0.15) is 5.10 Å². The van der Waals surface area contributed by atoms with Gasteiger partial charge >= 0.3 is 0 Å². The molecular formula is C15H18N4. The number of aromatic amines is 1. The topological polar surface area (TPSA) is 46.5 Å². The van der Waals surface area contributed by atoms with Gasteiger partial charge in [0.15, 0.2) is 5.82 Å². The van der Waals surface area contributed by atoms with E-state index in [9.17, 15) is 0 Å². The normalized spacial score (nSPS) is 11.4. The number of hydrogen-bond donors (Lipinski definition) is 1. The number of nitrogens with zero attached hydrogens (tertiary/aromatic N) is 3. The van der Waals surface area contributed by atoms with Crippen molar-refractivity contribution >= 4 is 11.0 Å². The molecule has 19 heavy (non-hydrogen) atoms. The summed E-state index contributed by atoms with van der Waals surface area (Å²) in [5, 5.41) is 4.47. The molecule has 0 atom stereocenters. The molecule has 3 rings (SSSR count). The Morgan fingerprint density at radius 1 is 1.11 bits per heavy atom. The van der Waals surface area contributed by atoms with Gasteiger partial charge in [-0.05, 0) is 57.0 Å². The number of H-pyrrole nitrogens is 1. The molecule has 3 aromatic rings. The Morgan fingerprint density at radius 3 is 2.58 bits per heavy atom. The highest BCUT2D eigenvalue weighted by Gasteiger charge is 2.12. The van der Waals surface area contributed by atoms with Crippen molar-refractivity contribution in [2.45, 2.75) is 34.2 Å². The van der Waals surface area contributed by atoms with E-state index in [4.69, 9.17) is 4.98 Å². The molecule has 0 fully saturated rings. The van der Waals surface area contributed by atoms with Gasteiger partial charge in [-0.15, -0.1) is 0 Å². The second kappa shape index (κ2) is 4.23. The van der Waals surface area contributed by atoms with E-state index >= 15 is 0 Å². The molecule has 0 amide bonds. The fraction of sp³-hybridized carbons (Fsp3) is 0.333. The maximum absolute atomic E-state index is 4.69. The molecule has 98 valence electrons. The van der Waals surface area contributed by atoms with Crippen LogP contribution in [0, 0.1) is 20.8 Å². The quantitative estimate of drug-likeness (QED) is 0.762. The van der Waals surface area contributed by atoms with Crippen molar-refractivity contribution in [3.05, 3.63) is 35.0 Å². The first-order valence-electron chi connectivity index (χ1n) is 6.60. The summed E-state index contributed by atoms with van der Waals surface area (Å²) in [6.45, 7) is 9.18. The van der Waals surface area contributed by atoms with Crippen LogP contribution in [-0.4, -0.2) is 19.7 Å². The second-order valence-corrected chi connectivity index (χ2v) is 5.03. The van der Waals surface area contributed by atoms with Gasteiger partial charge < -0.3 is 4.98 Å². The zero-order chi connectivity index (χ0) is 13.6. The average molecular weight is 254 g/mol. The molecule has 1 aromatic carbocycles. The van der Waals surface area contributed by atoms with Crippen LogP contribution in [0.15, 0.2) is 18.2 Å². The number of hydrogen-bond acceptors (Lipinski definition) is 2. The van der Waals surface area contributed by atoms with Gasteiger partial charge in [0.1, 0.15) is 5.69 Å². The number of aromatic nitrogens is 4. The highest BCUT2D eigenvalue weighted by atomic mass is 15.3. The fourth-order valence-corrected chi connectivity index (χ4v) is 2.37. The third-order valence-corrected chi connectivity index (χ3v) is 3.54. The SMILES string of the molecule is CCn1nc(C)cc1-c1nc2cc(C)c(C)cc2[nH]1. The molecule has 2 aromatic heterocycles. The van der Waals surface area contributed by atoms with Gasteiger partial charge in [-0.1, -0.05) is 0 Å². The molecule has 0 spiro atoms. The third kappa shape index (κ3) is 1.93. The average Bonchev–Trinajstić information content (AvgIpc) is 2.93. The molecule has 0 radical (unpaired) electrons. The van der Waals surface area contributed by atoms with E-state index in [1.54, 1.807) is 0 Å². The fourth-order valence-electron chi connectivity index (χ4n) is 2.37. The lowest BCUT2D eigenvalue weighted by atomic mass is 10.1. The van der Waals surface area contributed by atoms with E-state index in [-0.39, 0.29) is 0 Å². The van der Waals surface area contributed by atoms with Crippen LogP contribution in [0.5, 0.6) is 0 Å². The number of imidazole rings is 1. The highest BCUT2D eigenvalue weighted by molar-refractivity contribution is 5.80. The standard InChI is InChI=1S/C15H18N4/c1-5-19-14(8-11(4)18-19)15-16-12-6-9(2)10(3)7-13(12)17-15/h6-8H,5H2,1-4H3,(H,16,17). The van der Waals surface area contributed by atoms with Crippen molar-refractivity contribution in [1.29, 1.82) is 0 Å². The molecule has 0 aliphatic rings. The van der Waals surface area contributed by atoms with Gasteiger partial charge in [-0.3, -0.25) is 4.68 Å². The third-order valence-electron chi connectivity index (χ3n) is 3.54. The minimum atomic E-state index is 0.846. The molecule has 1 N–H and O–H groups in total. The summed E-state index contributed by atoms with van der Waals surface area (Å²) in [7, 11) is 0. The first-order valence-corrected chi connectivity index (χ1v) is 6.60. The van der Waals surface area contributed by atoms with Gasteiger partial charge in [0.2, 0.25) is 0 Å². The molecule has 0 aliphatic heterocycles. The summed E-state index contributed by atoms with van der Waals surface area (Å²) in [6, 6.07) is 6.35. The molecule has 0 saturated carbocycles. The monoisotopic (exact) mass is 254 g/mol. The molecule has 0 bridgehead atoms. The maximum atomic E-state index is 4.69. The van der Waals surface area contributed by atoms with Crippen molar-refractivity contribution in [2.75, 3.05) is 0 Å². The van der Waals surface area contributed by atoms with E-state index in [1.807, 2.05) is 11.6 Å². The molecular weight excluding hydrogens is 236 g/mol. The van der Waals surface area contributed by atoms with Crippen LogP contribution in [0.2, 0.25) is 0 Å². The lowest BCUT2D eigenvalue weighted by molar-refractivity contribution is 0.658. The van der Waals surface area contributed by atoms with E-state index in [1.165, 1.54) is 11.1 Å². The number of rotatable bonds is 2. The Hall–Kier alpha value is -2.10. The van der Waals surface area contributed by atoms with Gasteiger partial charge in [0.05, 0.1) is 16.7 Å². The second-order valence-electron chi connectivity index (χ2n) is 5.03. The van der Waals surface area contributed by atoms with E-state index < -0.39 is 0 Å².